The number of amides is 1. The van der Waals surface area contributed by atoms with Gasteiger partial charge >= 0.3 is 0 Å². The number of hydrogen-bond donors (Lipinski definition) is 1. The van der Waals surface area contributed by atoms with E-state index in [0.29, 0.717) is 11.5 Å². The summed E-state index contributed by atoms with van der Waals surface area (Å²) in [7, 11) is 1.57. The fourth-order valence-electron chi connectivity index (χ4n) is 2.45. The Morgan fingerprint density at radius 1 is 0.889 bits per heavy atom. The normalized spacial score (nSPS) is 10.3. The van der Waals surface area contributed by atoms with Crippen LogP contribution < -0.4 is 14.8 Å². The van der Waals surface area contributed by atoms with Crippen molar-refractivity contribution in [2.24, 2.45) is 0 Å². The van der Waals surface area contributed by atoms with E-state index >= 15 is 0 Å². The fourth-order valence-corrected chi connectivity index (χ4v) is 3.32. The predicted octanol–water partition coefficient (Wildman–Crippen LogP) is 5.01. The summed E-state index contributed by atoms with van der Waals surface area (Å²) in [5, 5.41) is 2.84. The summed E-state index contributed by atoms with van der Waals surface area (Å²) in [5.41, 5.74) is 1.95. The number of thioether (sulfide) groups is 1. The monoisotopic (exact) mass is 379 g/mol. The molecule has 27 heavy (non-hydrogen) atoms. The van der Waals surface area contributed by atoms with Crippen LogP contribution in [0.1, 0.15) is 5.56 Å². The standard InChI is InChI=1S/C22H21NO3S/c1-25-20-9-5-6-10-21(20)26-15-22(24)23-18-13-11-17(12-14-18)16-27-19-7-3-2-4-8-19/h2-14H,15-16H2,1H3,(H,23,24). The van der Waals surface area contributed by atoms with E-state index in [1.54, 1.807) is 31.0 Å². The number of benzene rings is 3. The van der Waals surface area contributed by atoms with Crippen molar-refractivity contribution in [2.45, 2.75) is 10.6 Å². The SMILES string of the molecule is COc1ccccc1OCC(=O)Nc1ccc(CSc2ccccc2)cc1. The first-order chi connectivity index (χ1) is 13.2. The van der Waals surface area contributed by atoms with Gasteiger partial charge in [-0.1, -0.05) is 42.5 Å². The molecule has 0 bridgehead atoms. The van der Waals surface area contributed by atoms with Crippen molar-refractivity contribution in [3.05, 3.63) is 84.4 Å². The van der Waals surface area contributed by atoms with Crippen LogP contribution in [0.5, 0.6) is 11.5 Å². The summed E-state index contributed by atoms with van der Waals surface area (Å²) in [6.45, 7) is -0.0774. The van der Waals surface area contributed by atoms with E-state index in [2.05, 4.69) is 17.4 Å². The Labute approximate surface area is 163 Å². The second kappa shape index (κ2) is 9.69. The summed E-state index contributed by atoms with van der Waals surface area (Å²) in [6.07, 6.45) is 0. The van der Waals surface area contributed by atoms with Gasteiger partial charge < -0.3 is 14.8 Å². The maximum absolute atomic E-state index is 12.1. The molecule has 0 fully saturated rings. The lowest BCUT2D eigenvalue weighted by Gasteiger charge is -2.11. The number of methoxy groups -OCH3 is 1. The van der Waals surface area contributed by atoms with Gasteiger partial charge in [0.25, 0.3) is 5.91 Å². The largest absolute Gasteiger partial charge is 0.493 e. The van der Waals surface area contributed by atoms with Gasteiger partial charge in [-0.2, -0.15) is 0 Å². The zero-order chi connectivity index (χ0) is 18.9. The van der Waals surface area contributed by atoms with Gasteiger partial charge in [0, 0.05) is 16.3 Å². The van der Waals surface area contributed by atoms with Gasteiger partial charge in [0.2, 0.25) is 0 Å². The number of para-hydroxylation sites is 2. The highest BCUT2D eigenvalue weighted by molar-refractivity contribution is 7.98. The van der Waals surface area contributed by atoms with Gasteiger partial charge in [0.05, 0.1) is 7.11 Å². The Balaban J connectivity index is 1.48. The minimum absolute atomic E-state index is 0.0774. The average molecular weight is 379 g/mol. The Hall–Kier alpha value is -2.92. The van der Waals surface area contributed by atoms with E-state index in [1.165, 1.54) is 10.5 Å². The summed E-state index contributed by atoms with van der Waals surface area (Å²) in [4.78, 5) is 13.3. The van der Waals surface area contributed by atoms with E-state index in [0.717, 1.165) is 11.4 Å². The van der Waals surface area contributed by atoms with Crippen LogP contribution in [-0.4, -0.2) is 19.6 Å². The Kier molecular flexibility index (Phi) is 6.77. The molecule has 0 aliphatic rings. The van der Waals surface area contributed by atoms with Crippen molar-refractivity contribution in [3.63, 3.8) is 0 Å². The van der Waals surface area contributed by atoms with Gasteiger partial charge in [-0.3, -0.25) is 4.79 Å². The van der Waals surface area contributed by atoms with Crippen LogP contribution in [-0.2, 0) is 10.5 Å². The maximum Gasteiger partial charge on any atom is 0.262 e. The Morgan fingerprint density at radius 2 is 1.56 bits per heavy atom. The minimum Gasteiger partial charge on any atom is -0.493 e. The van der Waals surface area contributed by atoms with Crippen LogP contribution in [0.4, 0.5) is 5.69 Å². The quantitative estimate of drug-likeness (QED) is 0.559. The molecule has 0 atom stereocenters. The third-order valence-electron chi connectivity index (χ3n) is 3.81. The zero-order valence-corrected chi connectivity index (χ0v) is 15.9. The first kappa shape index (κ1) is 18.9. The van der Waals surface area contributed by atoms with Crippen LogP contribution in [0.25, 0.3) is 0 Å². The lowest BCUT2D eigenvalue weighted by Crippen LogP contribution is -2.20. The van der Waals surface area contributed by atoms with Crippen molar-refractivity contribution < 1.29 is 14.3 Å². The third kappa shape index (κ3) is 5.79. The van der Waals surface area contributed by atoms with Crippen LogP contribution >= 0.6 is 11.8 Å². The summed E-state index contributed by atoms with van der Waals surface area (Å²) >= 11 is 1.78. The molecule has 5 heteroatoms. The highest BCUT2D eigenvalue weighted by Gasteiger charge is 2.07. The second-order valence-electron chi connectivity index (χ2n) is 5.79. The number of nitrogens with one attached hydrogen (secondary N) is 1. The maximum atomic E-state index is 12.1. The average Bonchev–Trinajstić information content (AvgIpc) is 2.72. The van der Waals surface area contributed by atoms with Crippen LogP contribution in [0.15, 0.2) is 83.8 Å². The van der Waals surface area contributed by atoms with Gasteiger partial charge in [-0.05, 0) is 42.0 Å². The zero-order valence-electron chi connectivity index (χ0n) is 15.1. The number of rotatable bonds is 8. The molecule has 138 valence electrons. The smallest absolute Gasteiger partial charge is 0.262 e. The molecular formula is C22H21NO3S. The molecule has 4 nitrogen and oxygen atoms in total. The van der Waals surface area contributed by atoms with E-state index in [-0.39, 0.29) is 12.5 Å². The molecule has 0 aromatic heterocycles. The van der Waals surface area contributed by atoms with Crippen LogP contribution in [0.2, 0.25) is 0 Å². The van der Waals surface area contributed by atoms with Crippen molar-refractivity contribution in [1.29, 1.82) is 0 Å². The molecule has 0 radical (unpaired) electrons. The fraction of sp³-hybridized carbons (Fsp3) is 0.136. The topological polar surface area (TPSA) is 47.6 Å². The summed E-state index contributed by atoms with van der Waals surface area (Å²) < 4.78 is 10.7. The van der Waals surface area contributed by atoms with E-state index < -0.39 is 0 Å². The number of ether oxygens (including phenoxy) is 2. The molecule has 0 saturated carbocycles. The van der Waals surface area contributed by atoms with E-state index in [1.807, 2.05) is 54.6 Å². The van der Waals surface area contributed by atoms with Crippen LogP contribution in [0.3, 0.4) is 0 Å². The molecule has 3 aromatic rings. The molecule has 0 saturated heterocycles. The van der Waals surface area contributed by atoms with Gasteiger partial charge in [0.15, 0.2) is 18.1 Å². The molecule has 0 spiro atoms. The lowest BCUT2D eigenvalue weighted by atomic mass is 10.2. The number of hydrogen-bond acceptors (Lipinski definition) is 4. The Morgan fingerprint density at radius 3 is 2.26 bits per heavy atom. The molecule has 3 aromatic carbocycles. The van der Waals surface area contributed by atoms with E-state index in [9.17, 15) is 4.79 Å². The highest BCUT2D eigenvalue weighted by Crippen LogP contribution is 2.26. The predicted molar refractivity (Wildman–Crippen MR) is 110 cm³/mol. The molecule has 0 unspecified atom stereocenters. The lowest BCUT2D eigenvalue weighted by molar-refractivity contribution is -0.118. The number of anilines is 1. The van der Waals surface area contributed by atoms with Gasteiger partial charge in [0.1, 0.15) is 0 Å². The molecule has 0 heterocycles. The number of carbonyl (C=O) groups is 1. The first-order valence-electron chi connectivity index (χ1n) is 8.57. The summed E-state index contributed by atoms with van der Waals surface area (Å²) in [5.74, 6) is 1.82. The van der Waals surface area contributed by atoms with Crippen molar-refractivity contribution in [1.82, 2.24) is 0 Å². The van der Waals surface area contributed by atoms with Crippen molar-refractivity contribution in [2.75, 3.05) is 19.0 Å². The molecule has 0 aliphatic heterocycles. The van der Waals surface area contributed by atoms with Gasteiger partial charge in [-0.25, -0.2) is 0 Å². The molecule has 1 amide bonds. The van der Waals surface area contributed by atoms with Crippen molar-refractivity contribution >= 4 is 23.4 Å². The summed E-state index contributed by atoms with van der Waals surface area (Å²) in [6, 6.07) is 25.4. The second-order valence-corrected chi connectivity index (χ2v) is 6.84. The van der Waals surface area contributed by atoms with Gasteiger partial charge in [-0.15, -0.1) is 11.8 Å². The molecule has 0 aliphatic carbocycles. The highest BCUT2D eigenvalue weighted by atomic mass is 32.2. The Bertz CT molecular complexity index is 866. The molecule has 1 N–H and O–H groups in total. The minimum atomic E-state index is -0.215. The van der Waals surface area contributed by atoms with Crippen molar-refractivity contribution in [3.8, 4) is 11.5 Å². The molecule has 3 rings (SSSR count). The van der Waals surface area contributed by atoms with E-state index in [4.69, 9.17) is 9.47 Å². The third-order valence-corrected chi connectivity index (χ3v) is 4.90. The molecular weight excluding hydrogens is 358 g/mol. The first-order valence-corrected chi connectivity index (χ1v) is 9.55. The van der Waals surface area contributed by atoms with Crippen LogP contribution in [0, 0.1) is 0 Å². The number of carbonyl (C=O) groups excluding carboxylic acids is 1.